The Kier molecular flexibility index (Phi) is 6.71. The standard InChI is InChI=1S/C23H18ClN3O6S/c24-18-6-1-2-7-19(18)27-34(30,31)17-5-3-4-16(13-17)23(29)26-25-22(28)11-9-15-8-10-20-21(12-15)33-14-32-20/h1-13,27H,14H2,(H,25,28)(H,26,29). The number of anilines is 1. The summed E-state index contributed by atoms with van der Waals surface area (Å²) in [7, 11) is -4.00. The molecule has 0 radical (unpaired) electrons. The summed E-state index contributed by atoms with van der Waals surface area (Å²) in [5.74, 6) is -0.0790. The number of nitrogens with one attached hydrogen (secondary N) is 3. The lowest BCUT2D eigenvalue weighted by Crippen LogP contribution is -2.40. The Labute approximate surface area is 200 Å². The van der Waals surface area contributed by atoms with Gasteiger partial charge in [-0.25, -0.2) is 8.42 Å². The van der Waals surface area contributed by atoms with Gasteiger partial charge in [0.05, 0.1) is 15.6 Å². The first-order valence-electron chi connectivity index (χ1n) is 9.87. The van der Waals surface area contributed by atoms with Gasteiger partial charge in [-0.3, -0.25) is 25.2 Å². The third-order valence-corrected chi connectivity index (χ3v) is 6.34. The normalized spacial score (nSPS) is 12.4. The predicted octanol–water partition coefficient (Wildman–Crippen LogP) is 3.34. The highest BCUT2D eigenvalue weighted by Crippen LogP contribution is 2.32. The van der Waals surface area contributed by atoms with Crippen molar-refractivity contribution in [2.45, 2.75) is 4.90 Å². The van der Waals surface area contributed by atoms with Crippen LogP contribution < -0.4 is 25.0 Å². The van der Waals surface area contributed by atoms with E-state index in [0.717, 1.165) is 0 Å². The van der Waals surface area contributed by atoms with Crippen LogP contribution in [0.15, 0.2) is 77.7 Å². The average molecular weight is 500 g/mol. The number of amides is 2. The summed E-state index contributed by atoms with van der Waals surface area (Å²) >= 11 is 6.01. The molecular formula is C23H18ClN3O6S. The van der Waals surface area contributed by atoms with E-state index in [2.05, 4.69) is 15.6 Å². The van der Waals surface area contributed by atoms with Gasteiger partial charge < -0.3 is 9.47 Å². The second-order valence-corrected chi connectivity index (χ2v) is 9.09. The van der Waals surface area contributed by atoms with E-state index in [1.165, 1.54) is 42.5 Å². The maximum atomic E-state index is 12.7. The fourth-order valence-corrected chi connectivity index (χ4v) is 4.34. The van der Waals surface area contributed by atoms with Gasteiger partial charge in [0.2, 0.25) is 6.79 Å². The van der Waals surface area contributed by atoms with Crippen LogP contribution in [0.3, 0.4) is 0 Å². The molecule has 1 aliphatic heterocycles. The van der Waals surface area contributed by atoms with Gasteiger partial charge >= 0.3 is 0 Å². The van der Waals surface area contributed by atoms with Gasteiger partial charge in [-0.1, -0.05) is 35.9 Å². The number of hydrogen-bond donors (Lipinski definition) is 3. The second kappa shape index (κ2) is 9.86. The Morgan fingerprint density at radius 2 is 1.71 bits per heavy atom. The second-order valence-electron chi connectivity index (χ2n) is 7.00. The molecule has 0 atom stereocenters. The van der Waals surface area contributed by atoms with Crippen molar-refractivity contribution in [2.75, 3.05) is 11.5 Å². The summed E-state index contributed by atoms with van der Waals surface area (Å²) in [6.45, 7) is 0.146. The zero-order chi connectivity index (χ0) is 24.1. The molecule has 0 saturated carbocycles. The Hall–Kier alpha value is -4.02. The molecule has 174 valence electrons. The number of halogens is 1. The molecule has 1 heterocycles. The Balaban J connectivity index is 1.37. The van der Waals surface area contributed by atoms with Crippen LogP contribution in [0.25, 0.3) is 6.08 Å². The molecule has 1 aliphatic rings. The number of hydrazine groups is 1. The molecule has 3 aromatic rings. The number of carbonyl (C=O) groups is 2. The number of rotatable bonds is 6. The number of carbonyl (C=O) groups excluding carboxylic acids is 2. The maximum Gasteiger partial charge on any atom is 0.269 e. The Morgan fingerprint density at radius 3 is 2.53 bits per heavy atom. The first-order chi connectivity index (χ1) is 16.3. The van der Waals surface area contributed by atoms with Crippen LogP contribution >= 0.6 is 11.6 Å². The van der Waals surface area contributed by atoms with Crippen molar-refractivity contribution >= 4 is 45.2 Å². The van der Waals surface area contributed by atoms with Crippen LogP contribution in [0.1, 0.15) is 15.9 Å². The number of sulfonamides is 1. The zero-order valence-electron chi connectivity index (χ0n) is 17.4. The van der Waals surface area contributed by atoms with E-state index in [1.807, 2.05) is 0 Å². The highest BCUT2D eigenvalue weighted by molar-refractivity contribution is 7.92. The molecule has 0 saturated heterocycles. The minimum absolute atomic E-state index is 0.0297. The van der Waals surface area contributed by atoms with Crippen LogP contribution in [0.5, 0.6) is 11.5 Å². The van der Waals surface area contributed by atoms with Crippen LogP contribution in [-0.2, 0) is 14.8 Å². The number of hydrogen-bond acceptors (Lipinski definition) is 6. The molecular weight excluding hydrogens is 482 g/mol. The molecule has 0 fully saturated rings. The van der Waals surface area contributed by atoms with E-state index >= 15 is 0 Å². The maximum absolute atomic E-state index is 12.7. The SMILES string of the molecule is O=C(C=Cc1ccc2c(c1)OCO2)NNC(=O)c1cccc(S(=O)(=O)Nc2ccccc2Cl)c1. The molecule has 0 spiro atoms. The summed E-state index contributed by atoms with van der Waals surface area (Å²) in [6, 6.07) is 16.9. The lowest BCUT2D eigenvalue weighted by molar-refractivity contribution is -0.117. The monoisotopic (exact) mass is 499 g/mol. The summed E-state index contributed by atoms with van der Waals surface area (Å²) in [6.07, 6.45) is 2.77. The van der Waals surface area contributed by atoms with Crippen LogP contribution in [0, 0.1) is 0 Å². The summed E-state index contributed by atoms with van der Waals surface area (Å²) in [4.78, 5) is 24.3. The summed E-state index contributed by atoms with van der Waals surface area (Å²) in [5, 5.41) is 0.233. The molecule has 0 aromatic heterocycles. The number of para-hydroxylation sites is 1. The quantitative estimate of drug-likeness (QED) is 0.353. The van der Waals surface area contributed by atoms with Crippen molar-refractivity contribution in [2.24, 2.45) is 0 Å². The smallest absolute Gasteiger partial charge is 0.269 e. The highest BCUT2D eigenvalue weighted by atomic mass is 35.5. The third kappa shape index (κ3) is 5.48. The first kappa shape index (κ1) is 23.1. The molecule has 34 heavy (non-hydrogen) atoms. The minimum atomic E-state index is -4.00. The van der Waals surface area contributed by atoms with Gasteiger partial charge in [0, 0.05) is 11.6 Å². The predicted molar refractivity (Wildman–Crippen MR) is 126 cm³/mol. The van der Waals surface area contributed by atoms with Gasteiger partial charge in [0.25, 0.3) is 21.8 Å². The van der Waals surface area contributed by atoms with Gasteiger partial charge in [-0.15, -0.1) is 0 Å². The molecule has 0 aliphatic carbocycles. The molecule has 4 rings (SSSR count). The van der Waals surface area contributed by atoms with E-state index in [0.29, 0.717) is 17.1 Å². The van der Waals surface area contributed by atoms with Crippen molar-refractivity contribution in [1.82, 2.24) is 10.9 Å². The van der Waals surface area contributed by atoms with E-state index in [1.54, 1.807) is 36.4 Å². The van der Waals surface area contributed by atoms with E-state index in [9.17, 15) is 18.0 Å². The van der Waals surface area contributed by atoms with Crippen molar-refractivity contribution < 1.29 is 27.5 Å². The lowest BCUT2D eigenvalue weighted by atomic mass is 10.2. The molecule has 0 unspecified atom stereocenters. The van der Waals surface area contributed by atoms with Gasteiger partial charge in [0.15, 0.2) is 11.5 Å². The van der Waals surface area contributed by atoms with Crippen LogP contribution in [-0.4, -0.2) is 27.0 Å². The highest BCUT2D eigenvalue weighted by Gasteiger charge is 2.18. The van der Waals surface area contributed by atoms with Crippen LogP contribution in [0.2, 0.25) is 5.02 Å². The van der Waals surface area contributed by atoms with E-state index in [-0.39, 0.29) is 28.0 Å². The van der Waals surface area contributed by atoms with Crippen molar-refractivity contribution in [3.63, 3.8) is 0 Å². The van der Waals surface area contributed by atoms with E-state index < -0.39 is 21.8 Å². The summed E-state index contributed by atoms with van der Waals surface area (Å²) < 4.78 is 38.3. The fraction of sp³-hybridized carbons (Fsp3) is 0.0435. The topological polar surface area (TPSA) is 123 Å². The lowest BCUT2D eigenvalue weighted by Gasteiger charge is -2.11. The largest absolute Gasteiger partial charge is 0.454 e. The molecule has 0 bridgehead atoms. The van der Waals surface area contributed by atoms with Gasteiger partial charge in [-0.05, 0) is 54.1 Å². The Morgan fingerprint density at radius 1 is 0.912 bits per heavy atom. The summed E-state index contributed by atoms with van der Waals surface area (Å²) in [5.41, 5.74) is 5.43. The number of fused-ring (bicyclic) bond motifs is 1. The molecule has 2 amide bonds. The van der Waals surface area contributed by atoms with Gasteiger partial charge in [0.1, 0.15) is 0 Å². The van der Waals surface area contributed by atoms with Gasteiger partial charge in [-0.2, -0.15) is 0 Å². The molecule has 9 nitrogen and oxygen atoms in total. The van der Waals surface area contributed by atoms with E-state index in [4.69, 9.17) is 21.1 Å². The Bertz CT molecular complexity index is 1390. The average Bonchev–Trinajstić information content (AvgIpc) is 3.30. The molecule has 3 N–H and O–H groups in total. The zero-order valence-corrected chi connectivity index (χ0v) is 19.0. The fourth-order valence-electron chi connectivity index (χ4n) is 2.97. The first-order valence-corrected chi connectivity index (χ1v) is 11.7. The van der Waals surface area contributed by atoms with Crippen molar-refractivity contribution in [3.05, 3.63) is 89.0 Å². The minimum Gasteiger partial charge on any atom is -0.454 e. The van der Waals surface area contributed by atoms with Crippen molar-refractivity contribution in [3.8, 4) is 11.5 Å². The number of ether oxygens (including phenoxy) is 2. The molecule has 11 heteroatoms. The van der Waals surface area contributed by atoms with Crippen molar-refractivity contribution in [1.29, 1.82) is 0 Å². The van der Waals surface area contributed by atoms with Crippen LogP contribution in [0.4, 0.5) is 5.69 Å². The third-order valence-electron chi connectivity index (χ3n) is 4.65. The molecule has 3 aromatic carbocycles. The number of benzene rings is 3.